The molecule has 2 aromatic rings. The van der Waals surface area contributed by atoms with Gasteiger partial charge in [-0.15, -0.1) is 0 Å². The molecular formula is C16H20N2O. The summed E-state index contributed by atoms with van der Waals surface area (Å²) < 4.78 is 7.94. The summed E-state index contributed by atoms with van der Waals surface area (Å²) in [5, 5.41) is 0. The number of nitrogens with zero attached hydrogens (tertiary/aromatic N) is 1. The maximum atomic E-state index is 6.05. The Morgan fingerprint density at radius 3 is 3.05 bits per heavy atom. The van der Waals surface area contributed by atoms with Crippen molar-refractivity contribution in [1.82, 2.24) is 4.57 Å². The molecular weight excluding hydrogens is 236 g/mol. The molecule has 0 spiro atoms. The van der Waals surface area contributed by atoms with E-state index in [0.29, 0.717) is 5.92 Å². The highest BCUT2D eigenvalue weighted by Gasteiger charge is 2.23. The molecule has 2 heterocycles. The Bertz CT molecular complexity index is 561. The zero-order valence-corrected chi connectivity index (χ0v) is 11.3. The Hall–Kier alpha value is -1.74. The van der Waals surface area contributed by atoms with Gasteiger partial charge in [0.15, 0.2) is 0 Å². The van der Waals surface area contributed by atoms with Crippen molar-refractivity contribution in [3.05, 3.63) is 53.9 Å². The van der Waals surface area contributed by atoms with Gasteiger partial charge >= 0.3 is 0 Å². The van der Waals surface area contributed by atoms with Gasteiger partial charge in [-0.1, -0.05) is 25.1 Å². The van der Waals surface area contributed by atoms with Crippen LogP contribution in [0.1, 0.15) is 36.4 Å². The van der Waals surface area contributed by atoms with Crippen LogP contribution in [0.4, 0.5) is 0 Å². The number of nitrogens with two attached hydrogens (primary N) is 1. The molecule has 0 saturated carbocycles. The van der Waals surface area contributed by atoms with Gasteiger partial charge in [0.25, 0.3) is 0 Å². The minimum Gasteiger partial charge on any atom is -0.493 e. The van der Waals surface area contributed by atoms with E-state index in [1.54, 1.807) is 0 Å². The second kappa shape index (κ2) is 5.10. The third-order valence-corrected chi connectivity index (χ3v) is 3.87. The Morgan fingerprint density at radius 2 is 2.21 bits per heavy atom. The van der Waals surface area contributed by atoms with Crippen LogP contribution in [0.15, 0.2) is 42.7 Å². The highest BCUT2D eigenvalue weighted by molar-refractivity contribution is 5.39. The summed E-state index contributed by atoms with van der Waals surface area (Å²) in [6.45, 7) is 3.84. The Balaban J connectivity index is 1.74. The quantitative estimate of drug-likeness (QED) is 0.913. The molecule has 1 aromatic heterocycles. The van der Waals surface area contributed by atoms with Crippen molar-refractivity contribution in [2.75, 3.05) is 6.61 Å². The van der Waals surface area contributed by atoms with E-state index in [9.17, 15) is 0 Å². The molecule has 0 amide bonds. The first-order valence-corrected chi connectivity index (χ1v) is 6.91. The summed E-state index contributed by atoms with van der Waals surface area (Å²) in [6, 6.07) is 10.6. The minimum atomic E-state index is 0.147. The second-order valence-corrected chi connectivity index (χ2v) is 5.20. The summed E-state index contributed by atoms with van der Waals surface area (Å²) in [5.41, 5.74) is 8.59. The Morgan fingerprint density at radius 1 is 1.37 bits per heavy atom. The molecule has 0 fully saturated rings. The zero-order valence-electron chi connectivity index (χ0n) is 11.3. The second-order valence-electron chi connectivity index (χ2n) is 5.20. The summed E-state index contributed by atoms with van der Waals surface area (Å²) in [6.07, 6.45) is 5.25. The standard InChI is InChI=1S/C16H20N2O/c1-2-15(17)12-7-8-18(9-12)10-13-11-19-16-6-4-3-5-14(13)16/h3-9,13,15H,2,10-11,17H2,1H3. The zero-order chi connectivity index (χ0) is 13.2. The first kappa shape index (κ1) is 12.3. The molecule has 3 heteroatoms. The fourth-order valence-electron chi connectivity index (χ4n) is 2.66. The van der Waals surface area contributed by atoms with Crippen molar-refractivity contribution < 1.29 is 4.74 Å². The van der Waals surface area contributed by atoms with E-state index in [4.69, 9.17) is 10.5 Å². The molecule has 0 saturated heterocycles. The first-order valence-electron chi connectivity index (χ1n) is 6.91. The lowest BCUT2D eigenvalue weighted by atomic mass is 10.0. The molecule has 3 nitrogen and oxygen atoms in total. The summed E-state index contributed by atoms with van der Waals surface area (Å²) in [5.74, 6) is 1.47. The van der Waals surface area contributed by atoms with Gasteiger partial charge in [0.05, 0.1) is 6.61 Å². The average Bonchev–Trinajstić information content (AvgIpc) is 3.06. The van der Waals surface area contributed by atoms with E-state index in [1.165, 1.54) is 11.1 Å². The fourth-order valence-corrected chi connectivity index (χ4v) is 2.66. The molecule has 19 heavy (non-hydrogen) atoms. The highest BCUT2D eigenvalue weighted by atomic mass is 16.5. The SMILES string of the molecule is CCC(N)c1ccn(CC2COc3ccccc32)c1. The average molecular weight is 256 g/mol. The van der Waals surface area contributed by atoms with E-state index in [0.717, 1.165) is 25.3 Å². The van der Waals surface area contributed by atoms with E-state index in [-0.39, 0.29) is 6.04 Å². The number of benzene rings is 1. The summed E-state index contributed by atoms with van der Waals surface area (Å²) in [4.78, 5) is 0. The molecule has 2 atom stereocenters. The van der Waals surface area contributed by atoms with Crippen LogP contribution in [-0.2, 0) is 6.54 Å². The van der Waals surface area contributed by atoms with Gasteiger partial charge in [-0.2, -0.15) is 0 Å². The normalized spacial score (nSPS) is 18.9. The molecule has 0 aliphatic carbocycles. The van der Waals surface area contributed by atoms with Crippen molar-refractivity contribution in [2.45, 2.75) is 31.8 Å². The highest BCUT2D eigenvalue weighted by Crippen LogP contribution is 2.34. The van der Waals surface area contributed by atoms with E-state index in [2.05, 4.69) is 42.1 Å². The molecule has 2 N–H and O–H groups in total. The predicted octanol–water partition coefficient (Wildman–Crippen LogP) is 3.07. The van der Waals surface area contributed by atoms with Crippen molar-refractivity contribution >= 4 is 0 Å². The molecule has 0 bridgehead atoms. The third kappa shape index (κ3) is 2.38. The topological polar surface area (TPSA) is 40.2 Å². The van der Waals surface area contributed by atoms with Crippen LogP contribution < -0.4 is 10.5 Å². The van der Waals surface area contributed by atoms with Gasteiger partial charge in [-0.3, -0.25) is 0 Å². The smallest absolute Gasteiger partial charge is 0.122 e. The molecule has 3 rings (SSSR count). The number of hydrogen-bond donors (Lipinski definition) is 1. The van der Waals surface area contributed by atoms with Crippen LogP contribution >= 0.6 is 0 Å². The Labute approximate surface area is 114 Å². The lowest BCUT2D eigenvalue weighted by molar-refractivity contribution is 0.319. The lowest BCUT2D eigenvalue weighted by Crippen LogP contribution is -2.10. The summed E-state index contributed by atoms with van der Waals surface area (Å²) in [7, 11) is 0. The lowest BCUT2D eigenvalue weighted by Gasteiger charge is -2.10. The monoisotopic (exact) mass is 256 g/mol. The van der Waals surface area contributed by atoms with Crippen molar-refractivity contribution in [3.63, 3.8) is 0 Å². The maximum Gasteiger partial charge on any atom is 0.122 e. The maximum absolute atomic E-state index is 6.05. The third-order valence-electron chi connectivity index (χ3n) is 3.87. The number of fused-ring (bicyclic) bond motifs is 1. The van der Waals surface area contributed by atoms with Crippen LogP contribution in [0.5, 0.6) is 5.75 Å². The van der Waals surface area contributed by atoms with E-state index >= 15 is 0 Å². The van der Waals surface area contributed by atoms with Gasteiger partial charge in [0, 0.05) is 36.5 Å². The van der Waals surface area contributed by atoms with Gasteiger partial charge in [0.2, 0.25) is 0 Å². The van der Waals surface area contributed by atoms with Gasteiger partial charge in [-0.05, 0) is 24.1 Å². The Kier molecular flexibility index (Phi) is 3.30. The minimum absolute atomic E-state index is 0.147. The number of hydrogen-bond acceptors (Lipinski definition) is 2. The predicted molar refractivity (Wildman–Crippen MR) is 76.3 cm³/mol. The molecule has 2 unspecified atom stereocenters. The van der Waals surface area contributed by atoms with Crippen molar-refractivity contribution in [2.24, 2.45) is 5.73 Å². The van der Waals surface area contributed by atoms with Crippen LogP contribution in [0.25, 0.3) is 0 Å². The van der Waals surface area contributed by atoms with Crippen LogP contribution in [0.2, 0.25) is 0 Å². The molecule has 1 aromatic carbocycles. The largest absolute Gasteiger partial charge is 0.493 e. The van der Waals surface area contributed by atoms with Crippen LogP contribution in [0, 0.1) is 0 Å². The van der Waals surface area contributed by atoms with Gasteiger partial charge in [-0.25, -0.2) is 0 Å². The fraction of sp³-hybridized carbons (Fsp3) is 0.375. The van der Waals surface area contributed by atoms with Crippen molar-refractivity contribution in [1.29, 1.82) is 0 Å². The number of ether oxygens (including phenoxy) is 1. The van der Waals surface area contributed by atoms with E-state index < -0.39 is 0 Å². The molecule has 100 valence electrons. The van der Waals surface area contributed by atoms with Crippen LogP contribution in [0.3, 0.4) is 0 Å². The number of para-hydroxylation sites is 1. The molecule has 0 radical (unpaired) electrons. The van der Waals surface area contributed by atoms with Gasteiger partial charge in [0.1, 0.15) is 5.75 Å². The van der Waals surface area contributed by atoms with Crippen LogP contribution in [-0.4, -0.2) is 11.2 Å². The first-order chi connectivity index (χ1) is 9.28. The van der Waals surface area contributed by atoms with E-state index in [1.807, 2.05) is 12.1 Å². The van der Waals surface area contributed by atoms with Gasteiger partial charge < -0.3 is 15.0 Å². The summed E-state index contributed by atoms with van der Waals surface area (Å²) >= 11 is 0. The number of aromatic nitrogens is 1. The molecule has 1 aliphatic rings. The van der Waals surface area contributed by atoms with Crippen molar-refractivity contribution in [3.8, 4) is 5.75 Å². The molecule has 1 aliphatic heterocycles. The number of rotatable bonds is 4.